The first-order valence-corrected chi connectivity index (χ1v) is 3.48. The minimum atomic E-state index is 0.185. The molecule has 0 aromatic carbocycles. The topological polar surface area (TPSA) is 74.9 Å². The van der Waals surface area contributed by atoms with Crippen molar-refractivity contribution in [1.82, 2.24) is 9.97 Å². The highest BCUT2D eigenvalue weighted by atomic mass is 16.3. The number of imidazole rings is 1. The highest BCUT2D eigenvalue weighted by Crippen LogP contribution is 2.11. The Hall–Kier alpha value is -1.71. The van der Waals surface area contributed by atoms with E-state index in [0.717, 1.165) is 0 Å². The highest BCUT2D eigenvalue weighted by Gasteiger charge is 2.02. The van der Waals surface area contributed by atoms with Crippen molar-refractivity contribution in [2.24, 2.45) is 0 Å². The summed E-state index contributed by atoms with van der Waals surface area (Å²) in [7, 11) is 0. The van der Waals surface area contributed by atoms with Gasteiger partial charge in [0.05, 0.1) is 17.1 Å². The molecule has 4 nitrogen and oxygen atoms in total. The zero-order valence-electron chi connectivity index (χ0n) is 6.83. The van der Waals surface area contributed by atoms with E-state index in [9.17, 15) is 0 Å². The molecule has 0 fully saturated rings. The lowest BCUT2D eigenvalue weighted by Gasteiger charge is -1.89. The summed E-state index contributed by atoms with van der Waals surface area (Å²) in [5, 5.41) is 8.97. The normalized spacial score (nSPS) is 11.6. The molecule has 0 aliphatic carbocycles. The van der Waals surface area contributed by atoms with Crippen LogP contribution in [0.1, 0.15) is 18.3 Å². The van der Waals surface area contributed by atoms with Gasteiger partial charge in [0, 0.05) is 6.08 Å². The van der Waals surface area contributed by atoms with Crippen molar-refractivity contribution in [3.8, 4) is 0 Å². The van der Waals surface area contributed by atoms with Crippen molar-refractivity contribution < 1.29 is 5.11 Å². The van der Waals surface area contributed by atoms with Crippen LogP contribution in [0.5, 0.6) is 0 Å². The standard InChI is InChI=1S/C8H11N3O/c1-3-6-7(4-5(2)12)11-8(9)10-6/h3-4,12H,1H2,2H3,(H3,9,10,11)/b5-4+. The maximum absolute atomic E-state index is 8.97. The smallest absolute Gasteiger partial charge is 0.198 e. The minimum absolute atomic E-state index is 0.185. The van der Waals surface area contributed by atoms with Gasteiger partial charge < -0.3 is 15.8 Å². The van der Waals surface area contributed by atoms with Gasteiger partial charge in [0.2, 0.25) is 0 Å². The molecule has 0 spiro atoms. The number of anilines is 1. The number of nitrogen functional groups attached to an aromatic ring is 1. The Morgan fingerprint density at radius 2 is 2.42 bits per heavy atom. The maximum Gasteiger partial charge on any atom is 0.198 e. The summed E-state index contributed by atoms with van der Waals surface area (Å²) < 4.78 is 0. The number of nitrogens with one attached hydrogen (secondary N) is 1. The number of hydrogen-bond donors (Lipinski definition) is 3. The number of aromatic amines is 1. The molecule has 0 saturated heterocycles. The average Bonchev–Trinajstić information content (AvgIpc) is 2.29. The van der Waals surface area contributed by atoms with Gasteiger partial charge in [0.1, 0.15) is 0 Å². The second-order valence-corrected chi connectivity index (χ2v) is 2.41. The molecule has 1 rings (SSSR count). The SMILES string of the molecule is C=Cc1[nH]c(N)nc1/C=C(\C)O. The summed E-state index contributed by atoms with van der Waals surface area (Å²) in [6.45, 7) is 5.14. The van der Waals surface area contributed by atoms with Gasteiger partial charge >= 0.3 is 0 Å². The van der Waals surface area contributed by atoms with Crippen LogP contribution in [-0.4, -0.2) is 15.1 Å². The number of nitrogens with zero attached hydrogens (tertiary/aromatic N) is 1. The molecule has 1 aromatic rings. The van der Waals surface area contributed by atoms with Gasteiger partial charge in [-0.1, -0.05) is 6.58 Å². The van der Waals surface area contributed by atoms with Crippen molar-refractivity contribution in [3.05, 3.63) is 23.7 Å². The van der Waals surface area contributed by atoms with Gasteiger partial charge in [-0.15, -0.1) is 0 Å². The van der Waals surface area contributed by atoms with E-state index in [0.29, 0.717) is 17.3 Å². The van der Waals surface area contributed by atoms with Crippen LogP contribution in [0, 0.1) is 0 Å². The van der Waals surface area contributed by atoms with E-state index in [1.807, 2.05) is 0 Å². The molecular formula is C8H11N3O. The van der Waals surface area contributed by atoms with Gasteiger partial charge in [0.25, 0.3) is 0 Å². The average molecular weight is 165 g/mol. The van der Waals surface area contributed by atoms with E-state index in [1.54, 1.807) is 13.0 Å². The lowest BCUT2D eigenvalue weighted by Crippen LogP contribution is -1.85. The molecule has 1 aromatic heterocycles. The van der Waals surface area contributed by atoms with E-state index < -0.39 is 0 Å². The first kappa shape index (κ1) is 8.39. The van der Waals surface area contributed by atoms with E-state index in [2.05, 4.69) is 16.5 Å². The largest absolute Gasteiger partial charge is 0.513 e. The van der Waals surface area contributed by atoms with Crippen LogP contribution in [0.3, 0.4) is 0 Å². The fourth-order valence-electron chi connectivity index (χ4n) is 0.883. The van der Waals surface area contributed by atoms with Gasteiger partial charge in [-0.25, -0.2) is 4.98 Å². The van der Waals surface area contributed by atoms with Gasteiger partial charge in [0.15, 0.2) is 5.95 Å². The van der Waals surface area contributed by atoms with Crippen molar-refractivity contribution in [3.63, 3.8) is 0 Å². The van der Waals surface area contributed by atoms with Crippen molar-refractivity contribution in [1.29, 1.82) is 0 Å². The number of aliphatic hydroxyl groups is 1. The van der Waals surface area contributed by atoms with E-state index >= 15 is 0 Å². The number of aromatic nitrogens is 2. The summed E-state index contributed by atoms with van der Waals surface area (Å²) >= 11 is 0. The van der Waals surface area contributed by atoms with Crippen molar-refractivity contribution in [2.75, 3.05) is 5.73 Å². The lowest BCUT2D eigenvalue weighted by molar-refractivity contribution is 0.419. The molecule has 0 atom stereocenters. The molecule has 64 valence electrons. The van der Waals surface area contributed by atoms with Crippen molar-refractivity contribution >= 4 is 18.1 Å². The van der Waals surface area contributed by atoms with Crippen LogP contribution >= 0.6 is 0 Å². The van der Waals surface area contributed by atoms with Crippen LogP contribution in [0.15, 0.2) is 12.3 Å². The zero-order valence-corrected chi connectivity index (χ0v) is 6.83. The molecule has 0 radical (unpaired) electrons. The second kappa shape index (κ2) is 3.13. The molecule has 0 unspecified atom stereocenters. The Morgan fingerprint density at radius 1 is 1.75 bits per heavy atom. The minimum Gasteiger partial charge on any atom is -0.513 e. The monoisotopic (exact) mass is 165 g/mol. The first-order valence-electron chi connectivity index (χ1n) is 3.48. The molecular weight excluding hydrogens is 154 g/mol. The van der Waals surface area contributed by atoms with Crippen LogP contribution in [0.4, 0.5) is 5.95 Å². The Kier molecular flexibility index (Phi) is 2.19. The van der Waals surface area contributed by atoms with Gasteiger partial charge in [-0.3, -0.25) is 0 Å². The number of rotatable bonds is 2. The molecule has 0 aliphatic heterocycles. The summed E-state index contributed by atoms with van der Waals surface area (Å²) in [5.74, 6) is 0.502. The zero-order chi connectivity index (χ0) is 9.14. The second-order valence-electron chi connectivity index (χ2n) is 2.41. The molecule has 4 heteroatoms. The number of allylic oxidation sites excluding steroid dienone is 1. The first-order chi connectivity index (χ1) is 5.63. The summed E-state index contributed by atoms with van der Waals surface area (Å²) in [6, 6.07) is 0. The third kappa shape index (κ3) is 1.66. The molecule has 0 bridgehead atoms. The maximum atomic E-state index is 8.97. The van der Waals surface area contributed by atoms with Crippen molar-refractivity contribution in [2.45, 2.75) is 6.92 Å². The van der Waals surface area contributed by atoms with E-state index in [-0.39, 0.29) is 5.76 Å². The quantitative estimate of drug-likeness (QED) is 0.582. The number of H-pyrrole nitrogens is 1. The van der Waals surface area contributed by atoms with E-state index in [1.165, 1.54) is 6.08 Å². The molecule has 0 saturated carbocycles. The fraction of sp³-hybridized carbons (Fsp3) is 0.125. The van der Waals surface area contributed by atoms with Crippen LogP contribution < -0.4 is 5.73 Å². The van der Waals surface area contributed by atoms with E-state index in [4.69, 9.17) is 10.8 Å². The molecule has 0 aliphatic rings. The predicted molar refractivity (Wildman–Crippen MR) is 49.4 cm³/mol. The van der Waals surface area contributed by atoms with Crippen LogP contribution in [0.25, 0.3) is 12.2 Å². The van der Waals surface area contributed by atoms with Gasteiger partial charge in [-0.2, -0.15) is 0 Å². The fourth-order valence-corrected chi connectivity index (χ4v) is 0.883. The third-order valence-electron chi connectivity index (χ3n) is 1.33. The Balaban J connectivity index is 3.13. The molecule has 12 heavy (non-hydrogen) atoms. The highest BCUT2D eigenvalue weighted by molar-refractivity contribution is 5.61. The molecule has 1 heterocycles. The summed E-state index contributed by atoms with van der Waals surface area (Å²) in [5.41, 5.74) is 6.71. The Morgan fingerprint density at radius 3 is 2.92 bits per heavy atom. The predicted octanol–water partition coefficient (Wildman–Crippen LogP) is 1.55. The third-order valence-corrected chi connectivity index (χ3v) is 1.33. The number of nitrogens with two attached hydrogens (primary N) is 1. The number of hydrogen-bond acceptors (Lipinski definition) is 3. The number of aliphatic hydroxyl groups excluding tert-OH is 1. The summed E-state index contributed by atoms with van der Waals surface area (Å²) in [6.07, 6.45) is 3.11. The molecule has 4 N–H and O–H groups in total. The lowest BCUT2D eigenvalue weighted by atomic mass is 10.3. The molecule has 0 amide bonds. The Labute approximate surface area is 70.4 Å². The van der Waals surface area contributed by atoms with Gasteiger partial charge in [-0.05, 0) is 13.0 Å². The Bertz CT molecular complexity index is 321. The van der Waals surface area contributed by atoms with Crippen LogP contribution in [-0.2, 0) is 0 Å². The summed E-state index contributed by atoms with van der Waals surface area (Å²) in [4.78, 5) is 6.73. The van der Waals surface area contributed by atoms with Crippen LogP contribution in [0.2, 0.25) is 0 Å².